The second-order valence-corrected chi connectivity index (χ2v) is 6.28. The third kappa shape index (κ3) is 3.34. The largest absolute Gasteiger partial charge is 0.481 e. The summed E-state index contributed by atoms with van der Waals surface area (Å²) >= 11 is 7.99. The van der Waals surface area contributed by atoms with Gasteiger partial charge in [-0.25, -0.2) is 0 Å². The van der Waals surface area contributed by atoms with Crippen molar-refractivity contribution < 1.29 is 9.90 Å². The number of halogens is 2. The number of carboxylic acid groups (broad SMARTS) is 1. The molecule has 0 aliphatic heterocycles. The van der Waals surface area contributed by atoms with Gasteiger partial charge in [-0.3, -0.25) is 4.79 Å². The van der Waals surface area contributed by atoms with Crippen LogP contribution in [0.4, 0.5) is 0 Å². The van der Waals surface area contributed by atoms with Gasteiger partial charge in [0.15, 0.2) is 0 Å². The number of aliphatic carboxylic acids is 1. The molecule has 1 aromatic carbocycles. The molecule has 2 aromatic rings. The van der Waals surface area contributed by atoms with E-state index in [2.05, 4.69) is 47.4 Å². The maximum Gasteiger partial charge on any atom is 0.313 e. The fourth-order valence-electron chi connectivity index (χ4n) is 1.43. The molecule has 1 aromatic heterocycles. The zero-order valence-electron chi connectivity index (χ0n) is 9.67. The van der Waals surface area contributed by atoms with Crippen LogP contribution in [0.3, 0.4) is 0 Å². The lowest BCUT2D eigenvalue weighted by molar-refractivity contribution is -0.133. The molecule has 0 aliphatic rings. The Morgan fingerprint density at radius 3 is 2.63 bits per heavy atom. The molecule has 0 saturated heterocycles. The number of aryl methyl sites for hydroxylation is 1. The molecule has 1 heterocycles. The summed E-state index contributed by atoms with van der Waals surface area (Å²) in [6.45, 7) is 1.97. The van der Waals surface area contributed by atoms with Crippen LogP contribution in [0.25, 0.3) is 5.69 Å². The Bertz CT molecular complexity index is 609. The summed E-state index contributed by atoms with van der Waals surface area (Å²) in [6, 6.07) is 3.88. The summed E-state index contributed by atoms with van der Waals surface area (Å²) in [5.74, 6) is -1.01. The lowest BCUT2D eigenvalue weighted by Gasteiger charge is -2.09. The number of nitrogens with zero attached hydrogens (tertiary/aromatic N) is 4. The zero-order chi connectivity index (χ0) is 14.0. The van der Waals surface area contributed by atoms with E-state index in [4.69, 9.17) is 5.11 Å². The van der Waals surface area contributed by atoms with Gasteiger partial charge in [0.1, 0.15) is 0 Å². The molecular formula is C10H8Br2N4O2S. The van der Waals surface area contributed by atoms with Gasteiger partial charge in [0.2, 0.25) is 5.16 Å². The van der Waals surface area contributed by atoms with Crippen LogP contribution in [-0.2, 0) is 4.79 Å². The van der Waals surface area contributed by atoms with E-state index >= 15 is 0 Å². The number of thioether (sulfide) groups is 1. The summed E-state index contributed by atoms with van der Waals surface area (Å²) in [4.78, 5) is 10.6. The Balaban J connectivity index is 2.43. The lowest BCUT2D eigenvalue weighted by Crippen LogP contribution is -2.04. The highest BCUT2D eigenvalue weighted by molar-refractivity contribution is 9.11. The minimum atomic E-state index is -0.915. The van der Waals surface area contributed by atoms with E-state index < -0.39 is 5.97 Å². The van der Waals surface area contributed by atoms with Crippen LogP contribution < -0.4 is 0 Å². The molecule has 0 fully saturated rings. The minimum Gasteiger partial charge on any atom is -0.481 e. The quantitative estimate of drug-likeness (QED) is 0.784. The molecule has 0 bridgehead atoms. The summed E-state index contributed by atoms with van der Waals surface area (Å²) in [6.07, 6.45) is 0. The monoisotopic (exact) mass is 406 g/mol. The normalized spacial score (nSPS) is 10.7. The molecule has 0 aliphatic carbocycles. The predicted octanol–water partition coefficient (Wildman–Crippen LogP) is 2.67. The highest BCUT2D eigenvalue weighted by atomic mass is 79.9. The first-order chi connectivity index (χ1) is 8.99. The van der Waals surface area contributed by atoms with Crippen LogP contribution in [0.5, 0.6) is 0 Å². The van der Waals surface area contributed by atoms with Crippen molar-refractivity contribution in [1.29, 1.82) is 0 Å². The maximum atomic E-state index is 10.6. The van der Waals surface area contributed by atoms with Crippen molar-refractivity contribution in [1.82, 2.24) is 20.2 Å². The van der Waals surface area contributed by atoms with Gasteiger partial charge >= 0.3 is 5.97 Å². The number of benzene rings is 1. The van der Waals surface area contributed by atoms with Gasteiger partial charge < -0.3 is 5.11 Å². The molecule has 0 amide bonds. The molecule has 0 atom stereocenters. The molecule has 0 radical (unpaired) electrons. The second kappa shape index (κ2) is 6.02. The smallest absolute Gasteiger partial charge is 0.313 e. The third-order valence-electron chi connectivity index (χ3n) is 2.14. The van der Waals surface area contributed by atoms with Gasteiger partial charge in [0.25, 0.3) is 0 Å². The zero-order valence-corrected chi connectivity index (χ0v) is 13.7. The molecule has 19 heavy (non-hydrogen) atoms. The number of hydrogen-bond acceptors (Lipinski definition) is 5. The molecule has 0 unspecified atom stereocenters. The summed E-state index contributed by atoms with van der Waals surface area (Å²) < 4.78 is 3.15. The number of aromatic nitrogens is 4. The highest BCUT2D eigenvalue weighted by Gasteiger charge is 2.16. The number of carboxylic acids is 1. The third-order valence-corrected chi connectivity index (χ3v) is 4.25. The number of hydrogen-bond donors (Lipinski definition) is 1. The number of tetrazole rings is 1. The van der Waals surface area contributed by atoms with Crippen molar-refractivity contribution in [3.63, 3.8) is 0 Å². The van der Waals surface area contributed by atoms with E-state index in [1.807, 2.05) is 19.1 Å². The summed E-state index contributed by atoms with van der Waals surface area (Å²) in [5.41, 5.74) is 1.82. The van der Waals surface area contributed by atoms with Crippen molar-refractivity contribution >= 4 is 49.6 Å². The van der Waals surface area contributed by atoms with Gasteiger partial charge in [-0.2, -0.15) is 4.68 Å². The number of rotatable bonds is 4. The van der Waals surface area contributed by atoms with E-state index in [-0.39, 0.29) is 5.75 Å². The molecule has 9 heteroatoms. The predicted molar refractivity (Wildman–Crippen MR) is 77.7 cm³/mol. The van der Waals surface area contributed by atoms with Crippen LogP contribution >= 0.6 is 43.6 Å². The summed E-state index contributed by atoms with van der Waals surface area (Å²) in [7, 11) is 0. The van der Waals surface area contributed by atoms with Gasteiger partial charge in [-0.15, -0.1) is 5.10 Å². The Kier molecular flexibility index (Phi) is 4.58. The average Bonchev–Trinajstić information content (AvgIpc) is 2.73. The van der Waals surface area contributed by atoms with Gasteiger partial charge in [0.05, 0.1) is 11.4 Å². The molecule has 100 valence electrons. The molecular weight excluding hydrogens is 400 g/mol. The SMILES string of the molecule is Cc1cc(Br)c(-n2nnnc2SCC(=O)O)c(Br)c1. The topological polar surface area (TPSA) is 80.9 Å². The van der Waals surface area contributed by atoms with Crippen molar-refractivity contribution in [2.24, 2.45) is 0 Å². The van der Waals surface area contributed by atoms with E-state index in [1.54, 1.807) is 0 Å². The molecule has 1 N–H and O–H groups in total. The Morgan fingerprint density at radius 2 is 2.05 bits per heavy atom. The Hall–Kier alpha value is -0.930. The van der Waals surface area contributed by atoms with Crippen molar-refractivity contribution in [3.8, 4) is 5.69 Å². The minimum absolute atomic E-state index is 0.0958. The van der Waals surface area contributed by atoms with E-state index in [9.17, 15) is 4.79 Å². The molecule has 2 rings (SSSR count). The first-order valence-corrected chi connectivity index (χ1v) is 7.65. The standard InChI is InChI=1S/C10H8Br2N4O2S/c1-5-2-6(11)9(7(12)3-5)16-10(13-14-15-16)19-4-8(17)18/h2-3H,4H2,1H3,(H,17,18). The fraction of sp³-hybridized carbons (Fsp3) is 0.200. The lowest BCUT2D eigenvalue weighted by atomic mass is 10.2. The van der Waals surface area contributed by atoms with Crippen LogP contribution in [0, 0.1) is 6.92 Å². The Labute approximate surface area is 129 Å². The summed E-state index contributed by atoms with van der Waals surface area (Å²) in [5, 5.41) is 20.4. The maximum absolute atomic E-state index is 10.6. The molecule has 6 nitrogen and oxygen atoms in total. The van der Waals surface area contributed by atoms with E-state index in [0.717, 1.165) is 32.0 Å². The van der Waals surface area contributed by atoms with Gasteiger partial charge in [-0.1, -0.05) is 11.8 Å². The van der Waals surface area contributed by atoms with Crippen LogP contribution in [0.15, 0.2) is 26.2 Å². The van der Waals surface area contributed by atoms with Crippen molar-refractivity contribution in [3.05, 3.63) is 26.6 Å². The molecule has 0 spiro atoms. The highest BCUT2D eigenvalue weighted by Crippen LogP contribution is 2.32. The van der Waals surface area contributed by atoms with Gasteiger partial charge in [0, 0.05) is 8.95 Å². The van der Waals surface area contributed by atoms with Crippen molar-refractivity contribution in [2.45, 2.75) is 12.1 Å². The van der Waals surface area contributed by atoms with Crippen LogP contribution in [-0.4, -0.2) is 37.0 Å². The fourth-order valence-corrected chi connectivity index (χ4v) is 3.78. The van der Waals surface area contributed by atoms with Crippen molar-refractivity contribution in [2.75, 3.05) is 5.75 Å². The number of carbonyl (C=O) groups is 1. The molecule has 0 saturated carbocycles. The average molecular weight is 408 g/mol. The second-order valence-electron chi connectivity index (χ2n) is 3.63. The first kappa shape index (κ1) is 14.5. The first-order valence-electron chi connectivity index (χ1n) is 5.08. The van der Waals surface area contributed by atoms with Crippen LogP contribution in [0.2, 0.25) is 0 Å². The van der Waals surface area contributed by atoms with E-state index in [1.165, 1.54) is 4.68 Å². The Morgan fingerprint density at radius 1 is 1.42 bits per heavy atom. The van der Waals surface area contributed by atoms with E-state index in [0.29, 0.717) is 5.16 Å². The van der Waals surface area contributed by atoms with Gasteiger partial charge in [-0.05, 0) is 66.9 Å². The van der Waals surface area contributed by atoms with Crippen LogP contribution in [0.1, 0.15) is 5.56 Å².